The third-order valence-electron chi connectivity index (χ3n) is 1.82. The average Bonchev–Trinajstić information content (AvgIpc) is 2.75. The largest absolute Gasteiger partial charge is 0.286 e. The Bertz CT molecular complexity index is 375. The van der Waals surface area contributed by atoms with Crippen LogP contribution in [0.3, 0.4) is 0 Å². The first kappa shape index (κ1) is 13.1. The normalized spacial score (nSPS) is 31.5. The summed E-state index contributed by atoms with van der Waals surface area (Å²) in [6.07, 6.45) is 8.70. The van der Waals surface area contributed by atoms with Crippen molar-refractivity contribution in [3.05, 3.63) is 24.3 Å². The zero-order valence-electron chi connectivity index (χ0n) is 8.26. The molecule has 0 aromatic rings. The van der Waals surface area contributed by atoms with E-state index in [9.17, 15) is 8.42 Å². The third-order valence-corrected chi connectivity index (χ3v) is 4.78. The minimum atomic E-state index is -3.67. The van der Waals surface area contributed by atoms with Crippen LogP contribution in [-0.4, -0.2) is 28.2 Å². The van der Waals surface area contributed by atoms with Crippen molar-refractivity contribution >= 4 is 33.5 Å². The Morgan fingerprint density at radius 1 is 1.53 bits per heavy atom. The molecule has 1 fully saturated rings. The quantitative estimate of drug-likeness (QED) is 0.475. The highest BCUT2D eigenvalue weighted by Gasteiger charge is 2.51. The smallest absolute Gasteiger partial charge is 0.264 e. The van der Waals surface area contributed by atoms with Crippen molar-refractivity contribution in [1.29, 1.82) is 0 Å². The molecule has 0 radical (unpaired) electrons. The molecule has 1 saturated heterocycles. The lowest BCUT2D eigenvalue weighted by Crippen LogP contribution is -2.01. The number of hydrogen-bond acceptors (Lipinski definition) is 3. The molecule has 0 saturated carbocycles. The van der Waals surface area contributed by atoms with Crippen molar-refractivity contribution in [1.82, 2.24) is 0 Å². The zero-order chi connectivity index (χ0) is 11.5. The Morgan fingerprint density at radius 2 is 2.20 bits per heavy atom. The fourth-order valence-electron chi connectivity index (χ4n) is 1.07. The molecule has 1 N–H and O–H groups in total. The van der Waals surface area contributed by atoms with E-state index in [-0.39, 0.29) is 9.96 Å². The number of fused-ring (bicyclic) bond motifs is 1. The maximum Gasteiger partial charge on any atom is 0.264 e. The molecule has 6 heteroatoms. The van der Waals surface area contributed by atoms with E-state index in [2.05, 4.69) is 6.08 Å². The standard InChI is InChI=1S/C6H5ClS.C3H8O3S/c7-6-4-2-1-3-5(6)8-6;1-2-3-7(4,5)6/h1-5H;2-3H2,1H3,(H,4,5,6). The summed E-state index contributed by atoms with van der Waals surface area (Å²) in [5, 5.41) is 0.564. The predicted octanol–water partition coefficient (Wildman–Crippen LogP) is 2.45. The molecular formula is C9H13ClO3S2. The molecule has 0 aromatic carbocycles. The first-order valence-electron chi connectivity index (χ1n) is 4.55. The van der Waals surface area contributed by atoms with Crippen LogP contribution in [0.4, 0.5) is 0 Å². The SMILES string of the molecule is CCCS(=O)(=O)O.ClC12C=CC=CC1S2. The van der Waals surface area contributed by atoms with Crippen molar-refractivity contribution in [3.63, 3.8) is 0 Å². The molecule has 0 spiro atoms. The molecule has 15 heavy (non-hydrogen) atoms. The van der Waals surface area contributed by atoms with Crippen LogP contribution < -0.4 is 0 Å². The molecule has 2 aliphatic rings. The summed E-state index contributed by atoms with van der Waals surface area (Å²) in [5.74, 6) is -0.132. The molecule has 3 nitrogen and oxygen atoms in total. The summed E-state index contributed by atoms with van der Waals surface area (Å²) in [6.45, 7) is 1.69. The van der Waals surface area contributed by atoms with Crippen LogP contribution in [0.1, 0.15) is 13.3 Å². The van der Waals surface area contributed by atoms with Gasteiger partial charge in [0.05, 0.1) is 11.0 Å². The van der Waals surface area contributed by atoms with Crippen LogP contribution >= 0.6 is 23.4 Å². The van der Waals surface area contributed by atoms with Crippen LogP contribution in [0.25, 0.3) is 0 Å². The molecule has 0 amide bonds. The molecule has 0 bridgehead atoms. The maximum atomic E-state index is 9.79. The number of alkyl halides is 1. The lowest BCUT2D eigenvalue weighted by molar-refractivity contribution is 0.482. The first-order valence-corrected chi connectivity index (χ1v) is 7.42. The number of rotatable bonds is 2. The van der Waals surface area contributed by atoms with Crippen molar-refractivity contribution in [2.45, 2.75) is 22.8 Å². The lowest BCUT2D eigenvalue weighted by Gasteiger charge is -1.96. The van der Waals surface area contributed by atoms with Gasteiger partial charge in [-0.15, -0.1) is 23.4 Å². The number of halogens is 1. The van der Waals surface area contributed by atoms with Gasteiger partial charge >= 0.3 is 0 Å². The second-order valence-corrected chi connectivity index (χ2v) is 7.11. The second kappa shape index (κ2) is 4.91. The van der Waals surface area contributed by atoms with Crippen molar-refractivity contribution in [2.24, 2.45) is 0 Å². The molecule has 0 aromatic heterocycles. The molecule has 2 atom stereocenters. The van der Waals surface area contributed by atoms with Crippen molar-refractivity contribution in [2.75, 3.05) is 5.75 Å². The van der Waals surface area contributed by atoms with Crippen LogP contribution in [-0.2, 0) is 10.1 Å². The molecule has 1 aliphatic carbocycles. The number of hydrogen-bond donors (Lipinski definition) is 1. The van der Waals surface area contributed by atoms with Gasteiger partial charge in [0.15, 0.2) is 0 Å². The zero-order valence-corrected chi connectivity index (χ0v) is 10.6. The van der Waals surface area contributed by atoms with Gasteiger partial charge in [-0.2, -0.15) is 8.42 Å². The highest BCUT2D eigenvalue weighted by Crippen LogP contribution is 2.59. The van der Waals surface area contributed by atoms with E-state index in [1.807, 2.05) is 18.2 Å². The first-order chi connectivity index (χ1) is 6.87. The monoisotopic (exact) mass is 268 g/mol. The molecule has 2 unspecified atom stereocenters. The summed E-state index contributed by atoms with van der Waals surface area (Å²) in [4.78, 5) is 0. The summed E-state index contributed by atoms with van der Waals surface area (Å²) < 4.78 is 27.5. The molecular weight excluding hydrogens is 256 g/mol. The summed E-state index contributed by atoms with van der Waals surface area (Å²) in [5.41, 5.74) is 0. The highest BCUT2D eigenvalue weighted by atomic mass is 35.5. The number of allylic oxidation sites excluding steroid dienone is 2. The van der Waals surface area contributed by atoms with E-state index >= 15 is 0 Å². The van der Waals surface area contributed by atoms with Crippen LogP contribution in [0.15, 0.2) is 24.3 Å². The fraction of sp³-hybridized carbons (Fsp3) is 0.556. The van der Waals surface area contributed by atoms with Gasteiger partial charge in [0.2, 0.25) is 0 Å². The Kier molecular flexibility index (Phi) is 4.29. The van der Waals surface area contributed by atoms with E-state index in [1.165, 1.54) is 0 Å². The van der Waals surface area contributed by atoms with Crippen LogP contribution in [0, 0.1) is 0 Å². The van der Waals surface area contributed by atoms with Gasteiger partial charge < -0.3 is 0 Å². The Balaban J connectivity index is 0.000000153. The van der Waals surface area contributed by atoms with Crippen LogP contribution in [0.5, 0.6) is 0 Å². The molecule has 86 valence electrons. The summed E-state index contributed by atoms with van der Waals surface area (Å²) >= 11 is 7.76. The van der Waals surface area contributed by atoms with Crippen molar-refractivity contribution in [3.8, 4) is 0 Å². The van der Waals surface area contributed by atoms with Gasteiger partial charge in [-0.1, -0.05) is 31.2 Å². The van der Waals surface area contributed by atoms with E-state index in [0.717, 1.165) is 0 Å². The second-order valence-electron chi connectivity index (χ2n) is 3.27. The minimum Gasteiger partial charge on any atom is -0.286 e. The lowest BCUT2D eigenvalue weighted by atomic mass is 10.2. The topological polar surface area (TPSA) is 54.4 Å². The van der Waals surface area contributed by atoms with Gasteiger partial charge in [-0.05, 0) is 6.42 Å². The van der Waals surface area contributed by atoms with E-state index in [4.69, 9.17) is 16.2 Å². The Morgan fingerprint density at radius 3 is 2.47 bits per heavy atom. The minimum absolute atomic E-state index is 0.0330. The van der Waals surface area contributed by atoms with Crippen LogP contribution in [0.2, 0.25) is 0 Å². The summed E-state index contributed by atoms with van der Waals surface area (Å²) in [7, 11) is -3.67. The van der Waals surface area contributed by atoms with Gasteiger partial charge in [-0.3, -0.25) is 4.55 Å². The van der Waals surface area contributed by atoms with Crippen molar-refractivity contribution < 1.29 is 13.0 Å². The summed E-state index contributed by atoms with van der Waals surface area (Å²) in [6, 6.07) is 0. The number of thioether (sulfide) groups is 1. The maximum absolute atomic E-state index is 9.79. The highest BCUT2D eigenvalue weighted by molar-refractivity contribution is 8.10. The average molecular weight is 269 g/mol. The van der Waals surface area contributed by atoms with E-state index in [0.29, 0.717) is 11.7 Å². The molecule has 1 aliphatic heterocycles. The molecule has 2 rings (SSSR count). The predicted molar refractivity (Wildman–Crippen MR) is 64.9 cm³/mol. The van der Waals surface area contributed by atoms with E-state index < -0.39 is 10.1 Å². The third kappa shape index (κ3) is 4.59. The van der Waals surface area contributed by atoms with Gasteiger partial charge in [0.1, 0.15) is 4.21 Å². The Hall–Kier alpha value is 0.0300. The fourth-order valence-corrected chi connectivity index (χ4v) is 2.83. The van der Waals surface area contributed by atoms with Gasteiger partial charge in [-0.25, -0.2) is 0 Å². The Labute approximate surface area is 99.3 Å². The van der Waals surface area contributed by atoms with Gasteiger partial charge in [0, 0.05) is 0 Å². The van der Waals surface area contributed by atoms with Gasteiger partial charge in [0.25, 0.3) is 10.1 Å². The molecule has 1 heterocycles. The van der Waals surface area contributed by atoms with E-state index in [1.54, 1.807) is 18.7 Å².